The average molecular weight is 804 g/mol. The zero-order valence-corrected chi connectivity index (χ0v) is 37.1. The molecule has 0 aromatic heterocycles. The van der Waals surface area contributed by atoms with Crippen molar-refractivity contribution in [3.8, 4) is 0 Å². The van der Waals surface area contributed by atoms with Crippen molar-refractivity contribution in [2.24, 2.45) is 0 Å². The third-order valence-electron chi connectivity index (χ3n) is 9.82. The molecule has 0 saturated heterocycles. The Bertz CT molecular complexity index is 1220. The van der Waals surface area contributed by atoms with Gasteiger partial charge in [-0.25, -0.2) is 0 Å². The molecule has 1 amide bonds. The predicted molar refractivity (Wildman–Crippen MR) is 250 cm³/mol. The molecule has 3 atom stereocenters. The van der Waals surface area contributed by atoms with Crippen LogP contribution in [0.25, 0.3) is 0 Å². The molecule has 0 heterocycles. The fraction of sp³-hybridized carbons (Fsp3) is 0.615. The molecule has 0 aliphatic rings. The summed E-state index contributed by atoms with van der Waals surface area (Å²) >= 11 is 0. The first-order valence-electron chi connectivity index (χ1n) is 23.2. The van der Waals surface area contributed by atoms with E-state index in [9.17, 15) is 19.8 Å². The summed E-state index contributed by atoms with van der Waals surface area (Å²) in [5.41, 5.74) is 0. The van der Waals surface area contributed by atoms with Crippen LogP contribution in [0.4, 0.5) is 0 Å². The van der Waals surface area contributed by atoms with Gasteiger partial charge in [-0.05, 0) is 57.8 Å². The van der Waals surface area contributed by atoms with Crippen molar-refractivity contribution in [1.82, 2.24) is 5.32 Å². The van der Waals surface area contributed by atoms with Gasteiger partial charge >= 0.3 is 5.97 Å². The van der Waals surface area contributed by atoms with Crippen molar-refractivity contribution in [3.63, 3.8) is 0 Å². The van der Waals surface area contributed by atoms with Crippen molar-refractivity contribution in [2.75, 3.05) is 6.61 Å². The topological polar surface area (TPSA) is 95.9 Å². The Morgan fingerprint density at radius 3 is 1.45 bits per heavy atom. The van der Waals surface area contributed by atoms with Crippen LogP contribution in [0.15, 0.2) is 109 Å². The van der Waals surface area contributed by atoms with Crippen LogP contribution in [0.1, 0.15) is 181 Å². The molecular formula is C52H85NO5. The highest BCUT2D eigenvalue weighted by Crippen LogP contribution is 2.16. The number of esters is 1. The summed E-state index contributed by atoms with van der Waals surface area (Å²) in [4.78, 5) is 26.0. The molecular weight excluding hydrogens is 719 g/mol. The number of ether oxygens (including phenoxy) is 1. The predicted octanol–water partition coefficient (Wildman–Crippen LogP) is 13.6. The number of unbranched alkanes of at least 4 members (excludes halogenated alkanes) is 16. The Hall–Kier alpha value is -3.48. The van der Waals surface area contributed by atoms with Crippen LogP contribution in [-0.2, 0) is 14.3 Å². The molecule has 0 aromatic carbocycles. The molecule has 0 bridgehead atoms. The number of allylic oxidation sites excluding steroid dienone is 18. The molecule has 0 aliphatic carbocycles. The number of carbonyl (C=O) groups excluding carboxylic acids is 2. The van der Waals surface area contributed by atoms with Gasteiger partial charge in [0, 0.05) is 6.42 Å². The highest BCUT2D eigenvalue weighted by Gasteiger charge is 2.24. The summed E-state index contributed by atoms with van der Waals surface area (Å²) in [5.74, 6) is -0.577. The van der Waals surface area contributed by atoms with E-state index >= 15 is 0 Å². The lowest BCUT2D eigenvalue weighted by molar-refractivity contribution is -0.151. The van der Waals surface area contributed by atoms with Gasteiger partial charge in [0.05, 0.1) is 25.2 Å². The number of rotatable bonds is 39. The first-order chi connectivity index (χ1) is 28.5. The molecule has 0 aromatic rings. The van der Waals surface area contributed by atoms with E-state index in [4.69, 9.17) is 4.74 Å². The summed E-state index contributed by atoms with van der Waals surface area (Å²) in [6.45, 7) is 6.14. The maximum absolute atomic E-state index is 13.1. The highest BCUT2D eigenvalue weighted by atomic mass is 16.5. The summed E-state index contributed by atoms with van der Waals surface area (Å²) < 4.78 is 5.87. The van der Waals surface area contributed by atoms with Gasteiger partial charge in [-0.15, -0.1) is 0 Å². The number of aliphatic hydroxyl groups is 2. The van der Waals surface area contributed by atoms with Gasteiger partial charge in [0.1, 0.15) is 6.10 Å². The highest BCUT2D eigenvalue weighted by molar-refractivity contribution is 5.77. The second kappa shape index (κ2) is 44.6. The maximum atomic E-state index is 13.1. The molecule has 6 heteroatoms. The molecule has 0 spiro atoms. The second-order valence-corrected chi connectivity index (χ2v) is 15.3. The zero-order valence-electron chi connectivity index (χ0n) is 37.1. The van der Waals surface area contributed by atoms with E-state index in [0.29, 0.717) is 19.3 Å². The Morgan fingerprint density at radius 1 is 0.517 bits per heavy atom. The number of carbonyl (C=O) groups is 2. The molecule has 0 saturated carbocycles. The van der Waals surface area contributed by atoms with Crippen molar-refractivity contribution < 1.29 is 24.5 Å². The summed E-state index contributed by atoms with van der Waals surface area (Å²) in [6, 6.07) is -0.733. The SMILES string of the molecule is CC\C=C/C=C/C=C/C=C\C=C\C=C\CCCC(CC(=O)NC(CO)C(O)CCCCCCCCCCC)OC(=O)CCCCCCCCC/C=C/C=C/C=C/CC. The largest absolute Gasteiger partial charge is 0.462 e. The number of nitrogens with one attached hydrogen (secondary N) is 1. The zero-order chi connectivity index (χ0) is 42.4. The van der Waals surface area contributed by atoms with E-state index in [2.05, 4.69) is 74.7 Å². The Kier molecular flexibility index (Phi) is 41.9. The smallest absolute Gasteiger partial charge is 0.306 e. The minimum Gasteiger partial charge on any atom is -0.462 e. The molecule has 3 unspecified atom stereocenters. The van der Waals surface area contributed by atoms with E-state index in [0.717, 1.165) is 70.6 Å². The lowest BCUT2D eigenvalue weighted by atomic mass is 10.0. The minimum atomic E-state index is -0.814. The van der Waals surface area contributed by atoms with Crippen molar-refractivity contribution in [3.05, 3.63) is 109 Å². The van der Waals surface area contributed by atoms with Gasteiger partial charge in [0.15, 0.2) is 0 Å². The third-order valence-corrected chi connectivity index (χ3v) is 9.82. The molecule has 0 radical (unpaired) electrons. The fourth-order valence-electron chi connectivity index (χ4n) is 6.35. The normalized spacial score (nSPS) is 14.4. The second-order valence-electron chi connectivity index (χ2n) is 15.3. The van der Waals surface area contributed by atoms with E-state index in [-0.39, 0.29) is 24.9 Å². The van der Waals surface area contributed by atoms with Crippen LogP contribution in [0.5, 0.6) is 0 Å². The van der Waals surface area contributed by atoms with Crippen LogP contribution >= 0.6 is 0 Å². The Morgan fingerprint density at radius 2 is 0.948 bits per heavy atom. The molecule has 0 fully saturated rings. The van der Waals surface area contributed by atoms with Gasteiger partial charge < -0.3 is 20.3 Å². The van der Waals surface area contributed by atoms with Gasteiger partial charge in [-0.2, -0.15) is 0 Å². The fourth-order valence-corrected chi connectivity index (χ4v) is 6.35. The standard InChI is InChI=1S/C52H85NO5/c1-4-7-10-13-16-19-21-23-25-27-29-32-34-37-40-43-48(46-51(56)53-49(47-54)50(55)44-41-38-35-31-18-15-12-9-6-3)58-52(57)45-42-39-36-33-30-28-26-24-22-20-17-14-11-8-5-2/h7-8,10-11,13-14,16-17,19-23,25,27,29,32,34,48-50,54-55H,4-6,9,12,15,18,24,26,28,30-31,33,35-47H2,1-3H3,(H,53,56)/b10-7-,11-8+,16-13+,17-14+,21-19+,22-20+,25-23-,29-27+,34-32+. The van der Waals surface area contributed by atoms with Crippen LogP contribution in [0.2, 0.25) is 0 Å². The maximum Gasteiger partial charge on any atom is 0.306 e. The molecule has 0 aliphatic heterocycles. The first-order valence-corrected chi connectivity index (χ1v) is 23.2. The number of aliphatic hydroxyl groups excluding tert-OH is 2. The van der Waals surface area contributed by atoms with E-state index in [1.165, 1.54) is 64.2 Å². The van der Waals surface area contributed by atoms with E-state index in [1.807, 2.05) is 60.8 Å². The van der Waals surface area contributed by atoms with E-state index < -0.39 is 18.2 Å². The van der Waals surface area contributed by atoms with Crippen molar-refractivity contribution in [2.45, 2.75) is 200 Å². The molecule has 0 rings (SSSR count). The molecule has 328 valence electrons. The number of hydrogen-bond acceptors (Lipinski definition) is 5. The molecule has 3 N–H and O–H groups in total. The van der Waals surface area contributed by atoms with Gasteiger partial charge in [-0.1, -0.05) is 220 Å². The first kappa shape index (κ1) is 54.5. The number of hydrogen-bond donors (Lipinski definition) is 3. The monoisotopic (exact) mass is 804 g/mol. The molecule has 58 heavy (non-hydrogen) atoms. The average Bonchev–Trinajstić information content (AvgIpc) is 3.22. The minimum absolute atomic E-state index is 0.0143. The lowest BCUT2D eigenvalue weighted by Crippen LogP contribution is -2.46. The third kappa shape index (κ3) is 39.4. The number of amides is 1. The quantitative estimate of drug-likeness (QED) is 0.0327. The summed E-state index contributed by atoms with van der Waals surface area (Å²) in [7, 11) is 0. The lowest BCUT2D eigenvalue weighted by Gasteiger charge is -2.24. The van der Waals surface area contributed by atoms with Gasteiger partial charge in [0.2, 0.25) is 5.91 Å². The van der Waals surface area contributed by atoms with Crippen LogP contribution in [0.3, 0.4) is 0 Å². The summed E-state index contributed by atoms with van der Waals surface area (Å²) in [5, 5.41) is 23.6. The van der Waals surface area contributed by atoms with Gasteiger partial charge in [-0.3, -0.25) is 9.59 Å². The Labute approximate surface area is 356 Å². The Balaban J connectivity index is 4.80. The van der Waals surface area contributed by atoms with Crippen LogP contribution in [0, 0.1) is 0 Å². The van der Waals surface area contributed by atoms with Crippen LogP contribution < -0.4 is 5.32 Å². The van der Waals surface area contributed by atoms with Crippen molar-refractivity contribution >= 4 is 11.9 Å². The molecule has 6 nitrogen and oxygen atoms in total. The summed E-state index contributed by atoms with van der Waals surface area (Å²) in [6.07, 6.45) is 60.1. The van der Waals surface area contributed by atoms with Crippen molar-refractivity contribution in [1.29, 1.82) is 0 Å². The van der Waals surface area contributed by atoms with Crippen LogP contribution in [-0.4, -0.2) is 46.9 Å². The van der Waals surface area contributed by atoms with Gasteiger partial charge in [0.25, 0.3) is 0 Å². The van der Waals surface area contributed by atoms with E-state index in [1.54, 1.807) is 0 Å².